The molecule has 0 saturated heterocycles. The molecule has 4 N–H and O–H groups in total. The molecule has 2 aliphatic heterocycles. The van der Waals surface area contributed by atoms with Gasteiger partial charge in [-0.15, -0.1) is 11.3 Å². The maximum absolute atomic E-state index is 11.6. The van der Waals surface area contributed by atoms with Crippen LogP contribution in [-0.2, 0) is 15.4 Å². The lowest BCUT2D eigenvalue weighted by atomic mass is 10.1. The summed E-state index contributed by atoms with van der Waals surface area (Å²) in [5, 5.41) is 6.51. The smallest absolute Gasteiger partial charge is 0.275 e. The highest BCUT2D eigenvalue weighted by molar-refractivity contribution is 7.10. The van der Waals surface area contributed by atoms with E-state index in [1.54, 1.807) is 19.3 Å². The van der Waals surface area contributed by atoms with Gasteiger partial charge in [0.2, 0.25) is 0 Å². The molecule has 3 heterocycles. The molecule has 7 nitrogen and oxygen atoms in total. The minimum Gasteiger partial charge on any atom is -0.388 e. The number of hydrogen-bond donors (Lipinski definition) is 3. The fraction of sp³-hybridized carbons (Fsp3) is 0.167. The molecule has 1 amide bonds. The van der Waals surface area contributed by atoms with E-state index >= 15 is 0 Å². The maximum atomic E-state index is 11.6. The fourth-order valence-corrected chi connectivity index (χ4v) is 2.82. The number of hydrogen-bond acceptors (Lipinski definition) is 7. The van der Waals surface area contributed by atoms with Crippen molar-refractivity contribution < 1.29 is 9.63 Å². The first-order valence-corrected chi connectivity index (χ1v) is 6.78. The Morgan fingerprint density at radius 3 is 3.05 bits per heavy atom. The maximum Gasteiger partial charge on any atom is 0.275 e. The highest BCUT2D eigenvalue weighted by Gasteiger charge is 2.45. The summed E-state index contributed by atoms with van der Waals surface area (Å²) in [5.41, 5.74) is 9.21. The van der Waals surface area contributed by atoms with E-state index in [0.717, 1.165) is 4.88 Å². The molecule has 8 heteroatoms. The molecule has 1 unspecified atom stereocenters. The van der Waals surface area contributed by atoms with E-state index in [9.17, 15) is 4.79 Å². The molecular weight excluding hydrogens is 278 g/mol. The van der Waals surface area contributed by atoms with Crippen LogP contribution in [0.15, 0.2) is 46.7 Å². The second kappa shape index (κ2) is 4.66. The van der Waals surface area contributed by atoms with Gasteiger partial charge in [-0.3, -0.25) is 10.2 Å². The molecule has 20 heavy (non-hydrogen) atoms. The van der Waals surface area contributed by atoms with Crippen LogP contribution in [0.2, 0.25) is 0 Å². The topological polar surface area (TPSA) is 92.0 Å². The van der Waals surface area contributed by atoms with E-state index in [1.165, 1.54) is 22.8 Å². The average molecular weight is 291 g/mol. The van der Waals surface area contributed by atoms with Gasteiger partial charge < -0.3 is 15.9 Å². The summed E-state index contributed by atoms with van der Waals surface area (Å²) in [4.78, 5) is 22.3. The lowest BCUT2D eigenvalue weighted by molar-refractivity contribution is -0.202. The molecule has 0 aliphatic carbocycles. The van der Waals surface area contributed by atoms with Crippen LogP contribution in [0.3, 0.4) is 0 Å². The molecule has 0 saturated carbocycles. The Balaban J connectivity index is 2.10. The molecule has 0 bridgehead atoms. The third-order valence-corrected chi connectivity index (χ3v) is 3.92. The van der Waals surface area contributed by atoms with Crippen LogP contribution in [0.4, 0.5) is 0 Å². The summed E-state index contributed by atoms with van der Waals surface area (Å²) < 4.78 is 0. The highest BCUT2D eigenvalue weighted by atomic mass is 32.1. The van der Waals surface area contributed by atoms with Gasteiger partial charge in [-0.2, -0.15) is 0 Å². The number of nitrogens with one attached hydrogen (secondary N) is 2. The molecule has 0 fully saturated rings. The minimum absolute atomic E-state index is 0.217. The van der Waals surface area contributed by atoms with Crippen LogP contribution < -0.4 is 16.5 Å². The predicted octanol–water partition coefficient (Wildman–Crippen LogP) is 0.515. The average Bonchev–Trinajstić information content (AvgIpc) is 3.13. The van der Waals surface area contributed by atoms with Gasteiger partial charge in [0.05, 0.1) is 11.1 Å². The van der Waals surface area contributed by atoms with E-state index in [4.69, 9.17) is 10.6 Å². The van der Waals surface area contributed by atoms with Gasteiger partial charge in [0.25, 0.3) is 11.7 Å². The number of thiophene rings is 1. The standard InChI is InChI=1S/C12H13N5O2S/c1-8-7-14-12(9-3-2-6-20-9,16-10(8)11(13)18)17-15-4-5-19-17/h2-7,14-15H,1H3,(H2,13,18). The quantitative estimate of drug-likeness (QED) is 0.755. The monoisotopic (exact) mass is 291 g/mol. The second-order valence-corrected chi connectivity index (χ2v) is 5.23. The van der Waals surface area contributed by atoms with Gasteiger partial charge in [-0.1, -0.05) is 6.07 Å². The zero-order chi connectivity index (χ0) is 14.2. The molecule has 1 atom stereocenters. The second-order valence-electron chi connectivity index (χ2n) is 4.28. The molecule has 0 aromatic carbocycles. The van der Waals surface area contributed by atoms with Crippen molar-refractivity contribution in [2.75, 3.05) is 0 Å². The molecule has 0 spiro atoms. The largest absolute Gasteiger partial charge is 0.388 e. The lowest BCUT2D eigenvalue weighted by Gasteiger charge is -2.37. The molecule has 104 valence electrons. The fourth-order valence-electron chi connectivity index (χ4n) is 2.01. The number of amides is 1. The SMILES string of the molecule is CC1=CNC(c2cccs2)(N2NC=CO2)N=C1C(N)=O. The van der Waals surface area contributed by atoms with Gasteiger partial charge in [-0.25, -0.2) is 4.99 Å². The van der Waals surface area contributed by atoms with Crippen LogP contribution in [-0.4, -0.2) is 16.8 Å². The van der Waals surface area contributed by atoms with E-state index in [0.29, 0.717) is 5.57 Å². The Labute approximate surface area is 119 Å². The zero-order valence-electron chi connectivity index (χ0n) is 10.7. The number of rotatable bonds is 3. The van der Waals surface area contributed by atoms with Gasteiger partial charge in [-0.05, 0) is 29.1 Å². The van der Waals surface area contributed by atoms with Gasteiger partial charge in [0.1, 0.15) is 12.0 Å². The van der Waals surface area contributed by atoms with Crippen molar-refractivity contribution in [3.63, 3.8) is 0 Å². The van der Waals surface area contributed by atoms with Gasteiger partial charge in [0, 0.05) is 6.20 Å². The number of primary amides is 1. The van der Waals surface area contributed by atoms with Gasteiger partial charge in [0.15, 0.2) is 0 Å². The Morgan fingerprint density at radius 1 is 1.60 bits per heavy atom. The van der Waals surface area contributed by atoms with Crippen molar-refractivity contribution in [2.24, 2.45) is 10.7 Å². The Morgan fingerprint density at radius 2 is 2.45 bits per heavy atom. The van der Waals surface area contributed by atoms with Crippen molar-refractivity contribution in [1.29, 1.82) is 0 Å². The first kappa shape index (κ1) is 12.7. The summed E-state index contributed by atoms with van der Waals surface area (Å²) in [6.45, 7) is 1.77. The Bertz CT molecular complexity index is 614. The first-order valence-electron chi connectivity index (χ1n) is 5.90. The summed E-state index contributed by atoms with van der Waals surface area (Å²) in [5.74, 6) is -1.64. The van der Waals surface area contributed by atoms with Crippen molar-refractivity contribution in [3.05, 3.63) is 46.6 Å². The van der Waals surface area contributed by atoms with Crippen molar-refractivity contribution >= 4 is 23.0 Å². The number of nitrogens with zero attached hydrogens (tertiary/aromatic N) is 2. The minimum atomic E-state index is -1.07. The number of carbonyl (C=O) groups excluding carboxylic acids is 1. The van der Waals surface area contributed by atoms with Crippen LogP contribution in [0, 0.1) is 0 Å². The van der Waals surface area contributed by atoms with Crippen LogP contribution >= 0.6 is 11.3 Å². The molecular formula is C12H13N5O2S. The van der Waals surface area contributed by atoms with E-state index in [2.05, 4.69) is 15.7 Å². The normalized spacial score (nSPS) is 25.2. The molecule has 0 radical (unpaired) electrons. The highest BCUT2D eigenvalue weighted by Crippen LogP contribution is 2.34. The van der Waals surface area contributed by atoms with Crippen molar-refractivity contribution in [3.8, 4) is 0 Å². The lowest BCUT2D eigenvalue weighted by Crippen LogP contribution is -2.57. The number of hydrazine groups is 1. The Hall–Kier alpha value is -2.32. The van der Waals surface area contributed by atoms with Crippen LogP contribution in [0.1, 0.15) is 11.8 Å². The molecule has 3 rings (SSSR count). The zero-order valence-corrected chi connectivity index (χ0v) is 11.5. The molecule has 1 aromatic rings. The van der Waals surface area contributed by atoms with Crippen molar-refractivity contribution in [1.82, 2.24) is 15.9 Å². The number of aliphatic imine (C=N–C) groups is 1. The first-order chi connectivity index (χ1) is 9.63. The predicted molar refractivity (Wildman–Crippen MR) is 74.7 cm³/mol. The van der Waals surface area contributed by atoms with Crippen LogP contribution in [0.5, 0.6) is 0 Å². The number of nitrogens with two attached hydrogens (primary N) is 1. The van der Waals surface area contributed by atoms with Crippen molar-refractivity contribution in [2.45, 2.75) is 12.7 Å². The third-order valence-electron chi connectivity index (χ3n) is 2.96. The summed E-state index contributed by atoms with van der Waals surface area (Å²) >= 11 is 1.49. The summed E-state index contributed by atoms with van der Waals surface area (Å²) in [6, 6.07) is 3.80. The van der Waals surface area contributed by atoms with Gasteiger partial charge >= 0.3 is 0 Å². The summed E-state index contributed by atoms with van der Waals surface area (Å²) in [6.07, 6.45) is 4.82. The number of hydroxylamine groups is 1. The molecule has 2 aliphatic rings. The summed E-state index contributed by atoms with van der Waals surface area (Å²) in [7, 11) is 0. The number of carbonyl (C=O) groups is 1. The Kier molecular flexibility index (Phi) is 2.96. The molecule has 1 aromatic heterocycles. The van der Waals surface area contributed by atoms with E-state index in [1.807, 2.05) is 17.5 Å². The third kappa shape index (κ3) is 1.86. The van der Waals surface area contributed by atoms with Crippen LogP contribution in [0.25, 0.3) is 0 Å². The van der Waals surface area contributed by atoms with E-state index in [-0.39, 0.29) is 5.71 Å². The van der Waals surface area contributed by atoms with E-state index < -0.39 is 11.7 Å².